The Bertz CT molecular complexity index is 2070. The summed E-state index contributed by atoms with van der Waals surface area (Å²) in [5.41, 5.74) is -0.184. The van der Waals surface area contributed by atoms with Gasteiger partial charge in [-0.2, -0.15) is 8.78 Å². The Labute approximate surface area is 399 Å². The summed E-state index contributed by atoms with van der Waals surface area (Å²) < 4.78 is 71.8. The molecule has 0 saturated carbocycles. The standard InChI is InChI=1S/C49H71F2N4O12P/c1-11-13-19-39(44(59)55-28-34(12-2)27-40(55)43(58)54-38(24-25-41(52)56)33(4)63-29-35-17-15-14-16-18-35)53-42(57)26-32(3)36-20-22-37(23-21-36)49(50,51)68(62,66-30-64-45(60)47(5,6)7)67-31-65-46(61)48(8,9)10/h14-18,20-23,26,33-34,38-40H,11-13,19,24-25,27-31H2,1-10H3,(H2,52,56)(H,53,57)(H,54,58). The van der Waals surface area contributed by atoms with E-state index in [0.717, 1.165) is 17.7 Å². The number of alkyl halides is 2. The van der Waals surface area contributed by atoms with E-state index in [-0.39, 0.29) is 38.3 Å². The molecule has 1 saturated heterocycles. The van der Waals surface area contributed by atoms with E-state index in [1.807, 2.05) is 44.2 Å². The van der Waals surface area contributed by atoms with Crippen molar-refractivity contribution >= 4 is 48.7 Å². The lowest BCUT2D eigenvalue weighted by atomic mass is 9.98. The highest BCUT2D eigenvalue weighted by Crippen LogP contribution is 2.67. The molecule has 0 radical (unpaired) electrons. The number of rotatable bonds is 25. The zero-order valence-corrected chi connectivity index (χ0v) is 42.0. The van der Waals surface area contributed by atoms with Gasteiger partial charge in [0.05, 0.1) is 29.6 Å². The number of unbranched alkanes of at least 4 members (excludes halogenated alkanes) is 1. The number of esters is 2. The number of ether oxygens (including phenoxy) is 3. The molecule has 378 valence electrons. The average molecular weight is 977 g/mol. The smallest absolute Gasteiger partial charge is 0.410 e. The molecular formula is C49H71F2N4O12P. The van der Waals surface area contributed by atoms with E-state index < -0.39 is 103 Å². The molecule has 0 spiro atoms. The molecule has 16 nitrogen and oxygen atoms in total. The Hall–Kier alpha value is -5.03. The fourth-order valence-corrected chi connectivity index (χ4v) is 8.26. The van der Waals surface area contributed by atoms with E-state index in [4.69, 9.17) is 29.0 Å². The molecule has 5 unspecified atom stereocenters. The number of hydrogen-bond acceptors (Lipinski definition) is 12. The molecule has 1 aliphatic rings. The topological polar surface area (TPSA) is 219 Å². The summed E-state index contributed by atoms with van der Waals surface area (Å²) >= 11 is 0. The minimum absolute atomic E-state index is 0.00534. The molecule has 1 fully saturated rings. The molecule has 0 aromatic heterocycles. The van der Waals surface area contributed by atoms with Gasteiger partial charge in [0.2, 0.25) is 37.2 Å². The predicted octanol–water partition coefficient (Wildman–Crippen LogP) is 8.12. The van der Waals surface area contributed by atoms with Crippen LogP contribution in [0.3, 0.4) is 0 Å². The summed E-state index contributed by atoms with van der Waals surface area (Å²) in [4.78, 5) is 79.9. The summed E-state index contributed by atoms with van der Waals surface area (Å²) in [6.07, 6.45) is 3.59. The molecule has 1 aliphatic heterocycles. The molecule has 4 amide bonds. The van der Waals surface area contributed by atoms with Crippen LogP contribution in [0.25, 0.3) is 5.57 Å². The number of amides is 4. The predicted molar refractivity (Wildman–Crippen MR) is 251 cm³/mol. The van der Waals surface area contributed by atoms with Crippen LogP contribution in [0.4, 0.5) is 8.78 Å². The van der Waals surface area contributed by atoms with Crippen LogP contribution in [-0.2, 0) is 68.9 Å². The fraction of sp³-hybridized carbons (Fsp3) is 0.592. The van der Waals surface area contributed by atoms with Gasteiger partial charge in [0.1, 0.15) is 12.1 Å². The molecule has 2 aromatic rings. The van der Waals surface area contributed by atoms with E-state index in [1.54, 1.807) is 13.8 Å². The number of allylic oxidation sites excluding steroid dienone is 1. The second-order valence-corrected chi connectivity index (χ2v) is 21.2. The number of carbonyl (C=O) groups is 6. The Morgan fingerprint density at radius 2 is 1.44 bits per heavy atom. The Morgan fingerprint density at radius 1 is 0.868 bits per heavy atom. The maximum absolute atomic E-state index is 16.1. The molecular weight excluding hydrogens is 906 g/mol. The van der Waals surface area contributed by atoms with Gasteiger partial charge in [-0.25, -0.2) is 0 Å². The number of primary amides is 1. The van der Waals surface area contributed by atoms with Gasteiger partial charge in [-0.3, -0.25) is 42.4 Å². The average Bonchev–Trinajstić information content (AvgIpc) is 3.72. The van der Waals surface area contributed by atoms with Crippen molar-refractivity contribution in [2.45, 2.75) is 151 Å². The molecule has 1 heterocycles. The molecule has 19 heteroatoms. The van der Waals surface area contributed by atoms with Crippen molar-refractivity contribution in [1.29, 1.82) is 0 Å². The van der Waals surface area contributed by atoms with Crippen molar-refractivity contribution < 1.29 is 65.4 Å². The van der Waals surface area contributed by atoms with E-state index in [2.05, 4.69) is 10.6 Å². The summed E-state index contributed by atoms with van der Waals surface area (Å²) in [5, 5.41) is 5.83. The summed E-state index contributed by atoms with van der Waals surface area (Å²) in [5.74, 6) is -3.66. The van der Waals surface area contributed by atoms with Crippen LogP contribution in [0.15, 0.2) is 60.7 Å². The second kappa shape index (κ2) is 25.5. The number of likely N-dealkylation sites (tertiary alicyclic amines) is 1. The summed E-state index contributed by atoms with van der Waals surface area (Å²) in [6, 6.07) is 11.5. The highest BCUT2D eigenvalue weighted by Gasteiger charge is 2.56. The van der Waals surface area contributed by atoms with Crippen molar-refractivity contribution in [2.24, 2.45) is 22.5 Å². The zero-order valence-electron chi connectivity index (χ0n) is 41.1. The Kier molecular flexibility index (Phi) is 21.5. The maximum Gasteiger partial charge on any atom is 0.410 e. The van der Waals surface area contributed by atoms with Crippen LogP contribution in [-0.4, -0.2) is 84.8 Å². The van der Waals surface area contributed by atoms with Gasteiger partial charge in [0, 0.05) is 24.6 Å². The first-order valence-corrected chi connectivity index (χ1v) is 24.5. The van der Waals surface area contributed by atoms with Crippen LogP contribution in [0.1, 0.15) is 131 Å². The lowest BCUT2D eigenvalue weighted by molar-refractivity contribution is -0.163. The number of benzene rings is 2. The van der Waals surface area contributed by atoms with Crippen LogP contribution < -0.4 is 16.4 Å². The Morgan fingerprint density at radius 3 is 1.96 bits per heavy atom. The molecule has 2 aromatic carbocycles. The van der Waals surface area contributed by atoms with Crippen molar-refractivity contribution in [3.8, 4) is 0 Å². The molecule has 0 aliphatic carbocycles. The number of hydrogen-bond donors (Lipinski definition) is 3. The van der Waals surface area contributed by atoms with Crippen LogP contribution >= 0.6 is 7.60 Å². The highest BCUT2D eigenvalue weighted by molar-refractivity contribution is 7.54. The van der Waals surface area contributed by atoms with Crippen LogP contribution in [0.5, 0.6) is 0 Å². The third-order valence-electron chi connectivity index (χ3n) is 11.4. The van der Waals surface area contributed by atoms with Gasteiger partial charge in [-0.15, -0.1) is 0 Å². The molecule has 68 heavy (non-hydrogen) atoms. The van der Waals surface area contributed by atoms with Crippen LogP contribution in [0.2, 0.25) is 0 Å². The Balaban J connectivity index is 1.81. The third-order valence-corrected chi connectivity index (χ3v) is 13.2. The van der Waals surface area contributed by atoms with Gasteiger partial charge in [-0.1, -0.05) is 87.7 Å². The quantitative estimate of drug-likeness (QED) is 0.0372. The summed E-state index contributed by atoms with van der Waals surface area (Å²) in [6.45, 7) is 14.6. The van der Waals surface area contributed by atoms with Gasteiger partial charge >= 0.3 is 25.2 Å². The SMILES string of the molecule is CCCCC(NC(=O)C=C(C)c1ccc(C(F)(F)P(=O)(OCOC(=O)C(C)(C)C)OCOC(=O)C(C)(C)C)cc1)C(=O)N1CC(CC)CC1C(=O)NC(CCC(N)=O)C(C)OCc1ccccc1. The number of nitrogens with zero attached hydrogens (tertiary/aromatic N) is 1. The van der Waals surface area contributed by atoms with Crippen molar-refractivity contribution in [3.63, 3.8) is 0 Å². The number of halogens is 2. The van der Waals surface area contributed by atoms with E-state index in [1.165, 1.54) is 64.7 Å². The van der Waals surface area contributed by atoms with E-state index >= 15 is 8.78 Å². The largest absolute Gasteiger partial charge is 0.438 e. The maximum atomic E-state index is 16.1. The fourth-order valence-electron chi connectivity index (χ4n) is 7.01. The highest BCUT2D eigenvalue weighted by atomic mass is 31.2. The van der Waals surface area contributed by atoms with E-state index in [9.17, 15) is 33.3 Å². The number of nitrogens with two attached hydrogens (primary N) is 1. The second-order valence-electron chi connectivity index (χ2n) is 19.1. The first kappa shape index (κ1) is 57.3. The minimum atomic E-state index is -5.57. The zero-order chi connectivity index (χ0) is 51.0. The first-order chi connectivity index (χ1) is 31.7. The van der Waals surface area contributed by atoms with Gasteiger partial charge in [-0.05, 0) is 97.3 Å². The molecule has 0 bridgehead atoms. The lowest BCUT2D eigenvalue weighted by Crippen LogP contribution is -2.55. The first-order valence-electron chi connectivity index (χ1n) is 23.0. The van der Waals surface area contributed by atoms with Crippen molar-refractivity contribution in [1.82, 2.24) is 15.5 Å². The lowest BCUT2D eigenvalue weighted by Gasteiger charge is -2.31. The van der Waals surface area contributed by atoms with Crippen molar-refractivity contribution in [2.75, 3.05) is 20.1 Å². The minimum Gasteiger partial charge on any atom is -0.438 e. The van der Waals surface area contributed by atoms with E-state index in [0.29, 0.717) is 36.8 Å². The van der Waals surface area contributed by atoms with Crippen LogP contribution in [0, 0.1) is 16.7 Å². The molecule has 4 N–H and O–H groups in total. The molecule has 3 rings (SSSR count). The monoisotopic (exact) mass is 976 g/mol. The normalized spacial score (nSPS) is 17.2. The molecule has 5 atom stereocenters. The summed E-state index contributed by atoms with van der Waals surface area (Å²) in [7, 11) is -5.57. The van der Waals surface area contributed by atoms with Gasteiger partial charge in [0.25, 0.3) is 0 Å². The van der Waals surface area contributed by atoms with Gasteiger partial charge in [0.15, 0.2) is 0 Å². The van der Waals surface area contributed by atoms with Crippen molar-refractivity contribution in [3.05, 3.63) is 77.4 Å². The number of nitrogens with one attached hydrogen (secondary N) is 2. The number of carbonyl (C=O) groups excluding carboxylic acids is 6. The van der Waals surface area contributed by atoms with Gasteiger partial charge < -0.3 is 35.5 Å². The third kappa shape index (κ3) is 16.9.